The molecule has 0 aliphatic carbocycles. The summed E-state index contributed by atoms with van der Waals surface area (Å²) in [5, 5.41) is 15.3. The van der Waals surface area contributed by atoms with Gasteiger partial charge in [0.15, 0.2) is 0 Å². The standard InChI is InChI=1S/C48H26OS2/c1-3-13-35-33(11-1)46(34-12-2-4-14-36(34)47(35)29-18-20-31-30-9-5-7-15-41(30)49-42(31)25-29)28-19-22-44-40(24-28)37-21-17-27-23-39-32-10-6-8-16-43(32)50-45(39)26-38(27)48(37)51-44/h1-26H. The number of benzene rings is 9. The van der Waals surface area contributed by atoms with Crippen LogP contribution in [0.1, 0.15) is 0 Å². The Labute approximate surface area is 300 Å². The molecule has 0 aliphatic rings. The number of fused-ring (bicyclic) bond motifs is 13. The Balaban J connectivity index is 1.10. The van der Waals surface area contributed by atoms with Crippen molar-refractivity contribution in [2.24, 2.45) is 0 Å². The first-order chi connectivity index (χ1) is 25.3. The topological polar surface area (TPSA) is 13.1 Å². The Morgan fingerprint density at radius 3 is 1.65 bits per heavy atom. The van der Waals surface area contributed by atoms with Gasteiger partial charge in [0.05, 0.1) is 0 Å². The van der Waals surface area contributed by atoms with Gasteiger partial charge in [0.1, 0.15) is 11.2 Å². The lowest BCUT2D eigenvalue weighted by Crippen LogP contribution is -1.90. The van der Waals surface area contributed by atoms with Gasteiger partial charge in [-0.1, -0.05) is 109 Å². The van der Waals surface area contributed by atoms with Crippen molar-refractivity contribution in [3.63, 3.8) is 0 Å². The zero-order chi connectivity index (χ0) is 33.2. The maximum Gasteiger partial charge on any atom is 0.136 e. The van der Waals surface area contributed by atoms with Crippen molar-refractivity contribution in [1.29, 1.82) is 0 Å². The van der Waals surface area contributed by atoms with E-state index < -0.39 is 0 Å². The molecule has 12 aromatic rings. The molecule has 0 aliphatic heterocycles. The average molecular weight is 683 g/mol. The Morgan fingerprint density at radius 1 is 0.314 bits per heavy atom. The molecule has 1 nitrogen and oxygen atoms in total. The Hall–Kier alpha value is -6.00. The van der Waals surface area contributed by atoms with Crippen molar-refractivity contribution in [3.05, 3.63) is 158 Å². The highest BCUT2D eigenvalue weighted by Gasteiger charge is 2.19. The maximum atomic E-state index is 6.36. The molecule has 3 heterocycles. The zero-order valence-electron chi connectivity index (χ0n) is 27.2. The summed E-state index contributed by atoms with van der Waals surface area (Å²) in [6.45, 7) is 0. The predicted octanol–water partition coefficient (Wildman–Crippen LogP) is 15.1. The summed E-state index contributed by atoms with van der Waals surface area (Å²) in [5.41, 5.74) is 6.78. The third-order valence-corrected chi connectivity index (χ3v) is 13.2. The van der Waals surface area contributed by atoms with Crippen molar-refractivity contribution in [3.8, 4) is 22.3 Å². The molecular formula is C48H26OS2. The summed E-state index contributed by atoms with van der Waals surface area (Å²) in [5.74, 6) is 0. The number of furan rings is 1. The van der Waals surface area contributed by atoms with Gasteiger partial charge in [-0.25, -0.2) is 0 Å². The molecule has 0 radical (unpaired) electrons. The van der Waals surface area contributed by atoms with Crippen LogP contribution in [-0.2, 0) is 0 Å². The molecule has 0 atom stereocenters. The lowest BCUT2D eigenvalue weighted by atomic mass is 9.85. The second kappa shape index (κ2) is 10.3. The fraction of sp³-hybridized carbons (Fsp3) is 0. The summed E-state index contributed by atoms with van der Waals surface area (Å²) in [7, 11) is 0. The normalized spacial score (nSPS) is 12.3. The van der Waals surface area contributed by atoms with Crippen LogP contribution < -0.4 is 0 Å². The van der Waals surface area contributed by atoms with E-state index in [1.807, 2.05) is 28.7 Å². The van der Waals surface area contributed by atoms with E-state index in [1.165, 1.54) is 94.9 Å². The van der Waals surface area contributed by atoms with Crippen LogP contribution in [0.3, 0.4) is 0 Å². The summed E-state index contributed by atoms with van der Waals surface area (Å²) >= 11 is 3.81. The lowest BCUT2D eigenvalue weighted by Gasteiger charge is -2.18. The van der Waals surface area contributed by atoms with Gasteiger partial charge >= 0.3 is 0 Å². The van der Waals surface area contributed by atoms with Crippen molar-refractivity contribution in [2.45, 2.75) is 0 Å². The first-order valence-corrected chi connectivity index (χ1v) is 19.0. The van der Waals surface area contributed by atoms with E-state index in [-0.39, 0.29) is 0 Å². The Morgan fingerprint density at radius 2 is 0.882 bits per heavy atom. The van der Waals surface area contributed by atoms with Crippen LogP contribution in [0.2, 0.25) is 0 Å². The van der Waals surface area contributed by atoms with Crippen LogP contribution >= 0.6 is 22.7 Å². The molecule has 0 amide bonds. The molecule has 3 aromatic heterocycles. The van der Waals surface area contributed by atoms with Gasteiger partial charge in [0.25, 0.3) is 0 Å². The fourth-order valence-electron chi connectivity index (χ4n) is 8.57. The SMILES string of the molecule is c1ccc2c(c1)oc1cc(-c3c4ccccc4c(-c4ccc5sc6c7cc8sc9ccccc9c8cc7ccc6c5c4)c4ccccc34)ccc12. The van der Waals surface area contributed by atoms with Gasteiger partial charge in [0, 0.05) is 56.5 Å². The number of para-hydroxylation sites is 1. The van der Waals surface area contributed by atoms with Crippen LogP contribution in [-0.4, -0.2) is 0 Å². The van der Waals surface area contributed by atoms with Crippen molar-refractivity contribution < 1.29 is 4.42 Å². The first kappa shape index (κ1) is 27.8. The lowest BCUT2D eigenvalue weighted by molar-refractivity contribution is 0.669. The summed E-state index contributed by atoms with van der Waals surface area (Å²) in [6, 6.07) is 58.2. The number of hydrogen-bond acceptors (Lipinski definition) is 3. The number of hydrogen-bond donors (Lipinski definition) is 0. The van der Waals surface area contributed by atoms with E-state index in [0.717, 1.165) is 21.9 Å². The van der Waals surface area contributed by atoms with E-state index in [9.17, 15) is 0 Å². The van der Waals surface area contributed by atoms with E-state index in [1.54, 1.807) is 0 Å². The summed E-state index contributed by atoms with van der Waals surface area (Å²) < 4.78 is 11.8. The molecular weight excluding hydrogens is 657 g/mol. The number of thiophene rings is 2. The molecule has 0 unspecified atom stereocenters. The molecule has 9 aromatic carbocycles. The maximum absolute atomic E-state index is 6.36. The van der Waals surface area contributed by atoms with Gasteiger partial charge < -0.3 is 4.42 Å². The highest BCUT2D eigenvalue weighted by molar-refractivity contribution is 7.27. The minimum Gasteiger partial charge on any atom is -0.456 e. The minimum absolute atomic E-state index is 0.918. The Kier molecular flexibility index (Phi) is 5.59. The first-order valence-electron chi connectivity index (χ1n) is 17.3. The Bertz CT molecular complexity index is 3370. The van der Waals surface area contributed by atoms with Gasteiger partial charge in [-0.2, -0.15) is 0 Å². The van der Waals surface area contributed by atoms with Crippen LogP contribution in [0, 0.1) is 0 Å². The molecule has 236 valence electrons. The third kappa shape index (κ3) is 3.90. The smallest absolute Gasteiger partial charge is 0.136 e. The van der Waals surface area contributed by atoms with Crippen LogP contribution in [0.4, 0.5) is 0 Å². The van der Waals surface area contributed by atoms with E-state index in [4.69, 9.17) is 4.42 Å². The second-order valence-electron chi connectivity index (χ2n) is 13.6. The van der Waals surface area contributed by atoms with Crippen LogP contribution in [0.5, 0.6) is 0 Å². The van der Waals surface area contributed by atoms with E-state index in [0.29, 0.717) is 0 Å². The second-order valence-corrected chi connectivity index (χ2v) is 15.7. The molecule has 3 heteroatoms. The monoisotopic (exact) mass is 682 g/mol. The molecule has 0 bridgehead atoms. The van der Waals surface area contributed by atoms with E-state index in [2.05, 4.69) is 152 Å². The van der Waals surface area contributed by atoms with Gasteiger partial charge in [-0.15, -0.1) is 22.7 Å². The van der Waals surface area contributed by atoms with Gasteiger partial charge in [-0.3, -0.25) is 0 Å². The largest absolute Gasteiger partial charge is 0.456 e. The number of rotatable bonds is 2. The third-order valence-electron chi connectivity index (χ3n) is 10.8. The fourth-order valence-corrected chi connectivity index (χ4v) is 10.9. The molecule has 12 rings (SSSR count). The molecule has 0 saturated carbocycles. The predicted molar refractivity (Wildman–Crippen MR) is 223 cm³/mol. The minimum atomic E-state index is 0.918. The molecule has 0 spiro atoms. The molecule has 51 heavy (non-hydrogen) atoms. The van der Waals surface area contributed by atoms with Crippen LogP contribution in [0.15, 0.2) is 162 Å². The summed E-state index contributed by atoms with van der Waals surface area (Å²) in [4.78, 5) is 0. The molecule has 0 fully saturated rings. The highest BCUT2D eigenvalue weighted by atomic mass is 32.1. The molecule has 0 N–H and O–H groups in total. The van der Waals surface area contributed by atoms with Crippen molar-refractivity contribution in [1.82, 2.24) is 0 Å². The average Bonchev–Trinajstić information content (AvgIpc) is 3.86. The summed E-state index contributed by atoms with van der Waals surface area (Å²) in [6.07, 6.45) is 0. The van der Waals surface area contributed by atoms with Crippen molar-refractivity contribution in [2.75, 3.05) is 0 Å². The van der Waals surface area contributed by atoms with Gasteiger partial charge in [0.2, 0.25) is 0 Å². The molecule has 0 saturated heterocycles. The van der Waals surface area contributed by atoms with Crippen molar-refractivity contribution >= 4 is 117 Å². The quantitative estimate of drug-likeness (QED) is 0.165. The highest BCUT2D eigenvalue weighted by Crippen LogP contribution is 2.47. The van der Waals surface area contributed by atoms with Crippen LogP contribution in [0.25, 0.3) is 117 Å². The zero-order valence-corrected chi connectivity index (χ0v) is 28.9. The van der Waals surface area contributed by atoms with Gasteiger partial charge in [-0.05, 0) is 97.7 Å². The van der Waals surface area contributed by atoms with E-state index >= 15 is 0 Å².